The van der Waals surface area contributed by atoms with Gasteiger partial charge < -0.3 is 14.4 Å². The molecule has 3 heterocycles. The average Bonchev–Trinajstić information content (AvgIpc) is 3.59. The number of carbonyl (C=O) groups is 2. The van der Waals surface area contributed by atoms with Crippen molar-refractivity contribution in [3.63, 3.8) is 0 Å². The van der Waals surface area contributed by atoms with Gasteiger partial charge in [-0.05, 0) is 46.8 Å². The van der Waals surface area contributed by atoms with E-state index in [1.807, 2.05) is 72.1 Å². The number of hydrazone groups is 1. The molecule has 8 heteroatoms. The molecule has 1 atom stereocenters. The molecule has 0 aliphatic carbocycles. The lowest BCUT2D eigenvalue weighted by atomic mass is 9.98. The third-order valence-corrected chi connectivity index (χ3v) is 6.81. The lowest BCUT2D eigenvalue weighted by molar-refractivity contribution is -0.137. The Morgan fingerprint density at radius 3 is 2.47 bits per heavy atom. The van der Waals surface area contributed by atoms with Crippen molar-refractivity contribution in [3.8, 4) is 5.75 Å². The normalized spacial score (nSPS) is 18.0. The molecule has 1 saturated heterocycles. The molecule has 0 saturated carbocycles. The Kier molecular flexibility index (Phi) is 6.69. The van der Waals surface area contributed by atoms with Crippen LogP contribution in [0.1, 0.15) is 33.3 Å². The number of hydrogen-bond acceptors (Lipinski definition) is 6. The molecule has 0 radical (unpaired) electrons. The largest absolute Gasteiger partial charge is 0.484 e. The number of rotatable bonds is 6. The fourth-order valence-electron chi connectivity index (χ4n) is 4.11. The first kappa shape index (κ1) is 22.3. The van der Waals surface area contributed by atoms with Crippen molar-refractivity contribution >= 4 is 28.9 Å². The molecule has 7 nitrogen and oxygen atoms in total. The predicted molar refractivity (Wildman–Crippen MR) is 130 cm³/mol. The summed E-state index contributed by atoms with van der Waals surface area (Å²) in [5.74, 6) is 0.483. The standard InChI is InChI=1S/C26H25N3O4S/c30-25(28-12-14-32-15-13-28)18-33-21-10-8-19(9-11-21)22-17-23(20-5-2-1-3-6-20)29(27-22)26(31)24-7-4-16-34-24/h1-11,16,23H,12-15,17-18H2/t23-/m1/s1. The van der Waals surface area contributed by atoms with Crippen molar-refractivity contribution in [3.05, 3.63) is 88.1 Å². The van der Waals surface area contributed by atoms with Crippen LogP contribution >= 0.6 is 11.3 Å². The molecule has 2 amide bonds. The summed E-state index contributed by atoms with van der Waals surface area (Å²) >= 11 is 1.42. The monoisotopic (exact) mass is 475 g/mol. The summed E-state index contributed by atoms with van der Waals surface area (Å²) in [6, 6.07) is 21.0. The quantitative estimate of drug-likeness (QED) is 0.541. The Morgan fingerprint density at radius 2 is 1.76 bits per heavy atom. The third kappa shape index (κ3) is 4.88. The number of amides is 2. The van der Waals surface area contributed by atoms with Crippen molar-refractivity contribution in [2.75, 3.05) is 32.9 Å². The van der Waals surface area contributed by atoms with Gasteiger partial charge in [-0.2, -0.15) is 5.10 Å². The number of hydrogen-bond donors (Lipinski definition) is 0. The average molecular weight is 476 g/mol. The van der Waals surface area contributed by atoms with E-state index in [0.29, 0.717) is 43.4 Å². The van der Waals surface area contributed by atoms with E-state index in [0.717, 1.165) is 16.8 Å². The number of benzene rings is 2. The molecule has 0 N–H and O–H groups in total. The first-order valence-corrected chi connectivity index (χ1v) is 12.2. The third-order valence-electron chi connectivity index (χ3n) is 5.95. The summed E-state index contributed by atoms with van der Waals surface area (Å²) in [6.45, 7) is 2.34. The molecule has 1 aromatic heterocycles. The SMILES string of the molecule is O=C(COc1ccc(C2=NN(C(=O)c3cccs3)[C@@H](c3ccccc3)C2)cc1)N1CCOCC1. The summed E-state index contributed by atoms with van der Waals surface area (Å²) in [4.78, 5) is 27.9. The molecule has 2 aliphatic rings. The van der Waals surface area contributed by atoms with Crippen LogP contribution in [-0.2, 0) is 9.53 Å². The van der Waals surface area contributed by atoms with Crippen LogP contribution in [0.15, 0.2) is 77.2 Å². The summed E-state index contributed by atoms with van der Waals surface area (Å²) in [6.07, 6.45) is 0.622. The first-order chi connectivity index (χ1) is 16.7. The van der Waals surface area contributed by atoms with E-state index in [9.17, 15) is 9.59 Å². The van der Waals surface area contributed by atoms with Crippen LogP contribution in [0, 0.1) is 0 Å². The van der Waals surface area contributed by atoms with E-state index in [4.69, 9.17) is 14.6 Å². The zero-order chi connectivity index (χ0) is 23.3. The maximum atomic E-state index is 13.2. The zero-order valence-electron chi connectivity index (χ0n) is 18.6. The Labute approximate surface area is 202 Å². The molecule has 0 unspecified atom stereocenters. The van der Waals surface area contributed by atoms with Gasteiger partial charge in [0.2, 0.25) is 0 Å². The highest BCUT2D eigenvalue weighted by molar-refractivity contribution is 7.12. The lowest BCUT2D eigenvalue weighted by Gasteiger charge is -2.26. The minimum Gasteiger partial charge on any atom is -0.484 e. The fraction of sp³-hybridized carbons (Fsp3) is 0.269. The van der Waals surface area contributed by atoms with Gasteiger partial charge in [0.15, 0.2) is 6.61 Å². The van der Waals surface area contributed by atoms with Crippen LogP contribution in [-0.4, -0.2) is 60.3 Å². The number of ether oxygens (including phenoxy) is 2. The van der Waals surface area contributed by atoms with Gasteiger partial charge in [-0.15, -0.1) is 11.3 Å². The van der Waals surface area contributed by atoms with Crippen LogP contribution in [0.3, 0.4) is 0 Å². The second kappa shape index (κ2) is 10.2. The zero-order valence-corrected chi connectivity index (χ0v) is 19.4. The van der Waals surface area contributed by atoms with Gasteiger partial charge in [-0.1, -0.05) is 36.4 Å². The topological polar surface area (TPSA) is 71.4 Å². The number of carbonyl (C=O) groups excluding carboxylic acids is 2. The van der Waals surface area contributed by atoms with Crippen LogP contribution in [0.25, 0.3) is 0 Å². The Balaban J connectivity index is 1.30. The summed E-state index contributed by atoms with van der Waals surface area (Å²) in [5.41, 5.74) is 2.82. The fourth-order valence-corrected chi connectivity index (χ4v) is 4.77. The molecule has 2 aliphatic heterocycles. The summed E-state index contributed by atoms with van der Waals surface area (Å²) < 4.78 is 11.0. The number of nitrogens with zero attached hydrogens (tertiary/aromatic N) is 3. The number of morpholine rings is 1. The first-order valence-electron chi connectivity index (χ1n) is 11.3. The van der Waals surface area contributed by atoms with Gasteiger partial charge in [0, 0.05) is 19.5 Å². The van der Waals surface area contributed by atoms with Crippen molar-refractivity contribution in [2.45, 2.75) is 12.5 Å². The smallest absolute Gasteiger partial charge is 0.284 e. The minimum absolute atomic E-state index is 0.000528. The molecule has 0 spiro atoms. The lowest BCUT2D eigenvalue weighted by Crippen LogP contribution is -2.42. The van der Waals surface area contributed by atoms with E-state index in [1.165, 1.54) is 11.3 Å². The van der Waals surface area contributed by atoms with Crippen LogP contribution in [0.5, 0.6) is 5.75 Å². The van der Waals surface area contributed by atoms with Crippen LogP contribution < -0.4 is 4.74 Å². The van der Waals surface area contributed by atoms with E-state index >= 15 is 0 Å². The van der Waals surface area contributed by atoms with E-state index < -0.39 is 0 Å². The highest BCUT2D eigenvalue weighted by Crippen LogP contribution is 2.34. The predicted octanol–water partition coefficient (Wildman–Crippen LogP) is 3.98. The molecule has 34 heavy (non-hydrogen) atoms. The van der Waals surface area contributed by atoms with Gasteiger partial charge >= 0.3 is 0 Å². The molecule has 3 aromatic rings. The second-order valence-electron chi connectivity index (χ2n) is 8.11. The van der Waals surface area contributed by atoms with Gasteiger partial charge in [0.25, 0.3) is 11.8 Å². The van der Waals surface area contributed by atoms with Crippen LogP contribution in [0.4, 0.5) is 0 Å². The van der Waals surface area contributed by atoms with Crippen molar-refractivity contribution in [1.82, 2.24) is 9.91 Å². The molecular formula is C26H25N3O4S. The molecule has 5 rings (SSSR count). The van der Waals surface area contributed by atoms with E-state index in [-0.39, 0.29) is 24.5 Å². The molecule has 1 fully saturated rings. The van der Waals surface area contributed by atoms with Crippen molar-refractivity contribution in [1.29, 1.82) is 0 Å². The molecule has 0 bridgehead atoms. The van der Waals surface area contributed by atoms with E-state index in [2.05, 4.69) is 0 Å². The number of thiophene rings is 1. The van der Waals surface area contributed by atoms with Gasteiger partial charge in [-0.25, -0.2) is 5.01 Å². The molecule has 174 valence electrons. The maximum absolute atomic E-state index is 13.2. The summed E-state index contributed by atoms with van der Waals surface area (Å²) in [7, 11) is 0. The van der Waals surface area contributed by atoms with Gasteiger partial charge in [0.1, 0.15) is 5.75 Å². The highest BCUT2D eigenvalue weighted by atomic mass is 32.1. The minimum atomic E-state index is -0.159. The highest BCUT2D eigenvalue weighted by Gasteiger charge is 2.34. The maximum Gasteiger partial charge on any atom is 0.284 e. The Bertz CT molecular complexity index is 1160. The van der Waals surface area contributed by atoms with Crippen molar-refractivity contribution in [2.24, 2.45) is 5.10 Å². The second-order valence-corrected chi connectivity index (χ2v) is 9.06. The van der Waals surface area contributed by atoms with Gasteiger partial charge in [0.05, 0.1) is 29.8 Å². The summed E-state index contributed by atoms with van der Waals surface area (Å²) in [5, 5.41) is 8.23. The molecule has 2 aromatic carbocycles. The Morgan fingerprint density at radius 1 is 1.00 bits per heavy atom. The van der Waals surface area contributed by atoms with Gasteiger partial charge in [-0.3, -0.25) is 9.59 Å². The van der Waals surface area contributed by atoms with E-state index in [1.54, 1.807) is 9.91 Å². The Hall–Kier alpha value is -3.49. The van der Waals surface area contributed by atoms with Crippen molar-refractivity contribution < 1.29 is 19.1 Å². The molecular weight excluding hydrogens is 450 g/mol. The van der Waals surface area contributed by atoms with Crippen LogP contribution in [0.2, 0.25) is 0 Å².